The number of anilines is 2. The highest BCUT2D eigenvalue weighted by atomic mass is 15.4. The fourth-order valence-electron chi connectivity index (χ4n) is 2.80. The van der Waals surface area contributed by atoms with Crippen molar-refractivity contribution in [1.82, 2.24) is 14.7 Å². The van der Waals surface area contributed by atoms with Crippen molar-refractivity contribution in [1.29, 1.82) is 0 Å². The third-order valence-corrected chi connectivity index (χ3v) is 3.74. The Morgan fingerprint density at radius 3 is 2.37 bits per heavy atom. The molecule has 2 heterocycles. The van der Waals surface area contributed by atoms with Crippen molar-refractivity contribution in [3.05, 3.63) is 5.69 Å². The van der Waals surface area contributed by atoms with Crippen LogP contribution in [-0.4, -0.2) is 47.4 Å². The lowest BCUT2D eigenvalue weighted by atomic mass is 10.2. The van der Waals surface area contributed by atoms with Crippen LogP contribution in [0, 0.1) is 12.8 Å². The Morgan fingerprint density at radius 1 is 1.21 bits per heavy atom. The quantitative estimate of drug-likeness (QED) is 0.898. The number of aryl methyl sites for hydroxylation is 2. The Balaban J connectivity index is 2.05. The van der Waals surface area contributed by atoms with Gasteiger partial charge in [0.1, 0.15) is 0 Å². The molecule has 0 bridgehead atoms. The second-order valence-corrected chi connectivity index (χ2v) is 5.82. The largest absolute Gasteiger partial charge is 0.394 e. The van der Waals surface area contributed by atoms with Gasteiger partial charge >= 0.3 is 0 Å². The van der Waals surface area contributed by atoms with E-state index < -0.39 is 0 Å². The van der Waals surface area contributed by atoms with Gasteiger partial charge in [0.05, 0.1) is 11.4 Å². The molecule has 0 saturated carbocycles. The predicted molar refractivity (Wildman–Crippen MR) is 80.5 cm³/mol. The summed E-state index contributed by atoms with van der Waals surface area (Å²) in [4.78, 5) is 4.92. The highest BCUT2D eigenvalue weighted by Crippen LogP contribution is 2.27. The Hall–Kier alpha value is -1.23. The lowest BCUT2D eigenvalue weighted by Gasteiger charge is -2.36. The van der Waals surface area contributed by atoms with Gasteiger partial charge in [-0.2, -0.15) is 5.10 Å². The number of nitrogens with zero attached hydrogens (tertiary/aromatic N) is 4. The van der Waals surface area contributed by atoms with Crippen LogP contribution in [0.5, 0.6) is 0 Å². The van der Waals surface area contributed by atoms with Gasteiger partial charge in [0.25, 0.3) is 0 Å². The first-order valence-electron chi connectivity index (χ1n) is 7.33. The van der Waals surface area contributed by atoms with E-state index in [1.54, 1.807) is 0 Å². The van der Waals surface area contributed by atoms with E-state index in [0.29, 0.717) is 0 Å². The van der Waals surface area contributed by atoms with Crippen LogP contribution in [0.25, 0.3) is 0 Å². The molecule has 1 aliphatic heterocycles. The van der Waals surface area contributed by atoms with Crippen molar-refractivity contribution in [2.45, 2.75) is 34.2 Å². The molecule has 19 heavy (non-hydrogen) atoms. The molecule has 0 aliphatic carbocycles. The second-order valence-electron chi connectivity index (χ2n) is 5.82. The van der Waals surface area contributed by atoms with E-state index in [-0.39, 0.29) is 0 Å². The number of hydrogen-bond acceptors (Lipinski definition) is 4. The fourth-order valence-corrected chi connectivity index (χ4v) is 2.80. The molecule has 108 valence electrons. The summed E-state index contributed by atoms with van der Waals surface area (Å²) >= 11 is 0. The van der Waals surface area contributed by atoms with Gasteiger partial charge in [0.15, 0.2) is 5.82 Å². The molecule has 0 atom stereocenters. The highest BCUT2D eigenvalue weighted by Gasteiger charge is 2.23. The van der Waals surface area contributed by atoms with Gasteiger partial charge in [-0.3, -0.25) is 4.90 Å². The molecule has 1 aromatic heterocycles. The zero-order valence-electron chi connectivity index (χ0n) is 12.7. The van der Waals surface area contributed by atoms with E-state index in [9.17, 15) is 0 Å². The standard InChI is InChI=1S/C14H27N5/c1-5-19-14(13(15)12(4)16-19)18-8-6-17(7-9-18)10-11(2)3/h11H,5-10,15H2,1-4H3. The van der Waals surface area contributed by atoms with Crippen LogP contribution in [0.3, 0.4) is 0 Å². The zero-order valence-corrected chi connectivity index (χ0v) is 12.7. The van der Waals surface area contributed by atoms with Crippen molar-refractivity contribution in [2.75, 3.05) is 43.4 Å². The molecule has 5 heteroatoms. The fraction of sp³-hybridized carbons (Fsp3) is 0.786. The van der Waals surface area contributed by atoms with E-state index in [1.807, 2.05) is 11.6 Å². The summed E-state index contributed by atoms with van der Waals surface area (Å²) in [5, 5.41) is 4.51. The number of nitrogen functional groups attached to an aromatic ring is 1. The maximum Gasteiger partial charge on any atom is 0.150 e. The van der Waals surface area contributed by atoms with Crippen LogP contribution < -0.4 is 10.6 Å². The van der Waals surface area contributed by atoms with Gasteiger partial charge < -0.3 is 10.6 Å². The van der Waals surface area contributed by atoms with Crippen LogP contribution in [0.1, 0.15) is 26.5 Å². The Bertz CT molecular complexity index is 416. The maximum atomic E-state index is 6.19. The minimum Gasteiger partial charge on any atom is -0.394 e. The van der Waals surface area contributed by atoms with Crippen molar-refractivity contribution in [3.8, 4) is 0 Å². The van der Waals surface area contributed by atoms with E-state index >= 15 is 0 Å². The van der Waals surface area contributed by atoms with Crippen LogP contribution in [0.2, 0.25) is 0 Å². The first-order chi connectivity index (χ1) is 9.02. The predicted octanol–water partition coefficient (Wildman–Crippen LogP) is 1.57. The molecular weight excluding hydrogens is 238 g/mol. The number of piperazine rings is 1. The van der Waals surface area contributed by atoms with E-state index in [2.05, 4.69) is 35.7 Å². The number of hydrogen-bond donors (Lipinski definition) is 1. The molecule has 2 N–H and O–H groups in total. The molecule has 0 radical (unpaired) electrons. The van der Waals surface area contributed by atoms with Crippen LogP contribution in [0.4, 0.5) is 11.5 Å². The van der Waals surface area contributed by atoms with E-state index in [4.69, 9.17) is 5.73 Å². The lowest BCUT2D eigenvalue weighted by Crippen LogP contribution is -2.48. The third kappa shape index (κ3) is 3.03. The van der Waals surface area contributed by atoms with Gasteiger partial charge in [0.2, 0.25) is 0 Å². The monoisotopic (exact) mass is 265 g/mol. The summed E-state index contributed by atoms with van der Waals surface area (Å²) in [6.45, 7) is 15.0. The first kappa shape index (κ1) is 14.2. The molecule has 1 aliphatic rings. The average molecular weight is 265 g/mol. The second kappa shape index (κ2) is 5.82. The van der Waals surface area contributed by atoms with E-state index in [0.717, 1.165) is 55.8 Å². The first-order valence-corrected chi connectivity index (χ1v) is 7.33. The molecule has 1 fully saturated rings. The summed E-state index contributed by atoms with van der Waals surface area (Å²) in [5.41, 5.74) is 7.98. The maximum absolute atomic E-state index is 6.19. The van der Waals surface area contributed by atoms with Crippen molar-refractivity contribution < 1.29 is 0 Å². The SMILES string of the molecule is CCn1nc(C)c(N)c1N1CCN(CC(C)C)CC1. The molecular formula is C14H27N5. The number of nitrogens with two attached hydrogens (primary N) is 1. The molecule has 1 aromatic rings. The highest BCUT2D eigenvalue weighted by molar-refractivity contribution is 5.66. The third-order valence-electron chi connectivity index (χ3n) is 3.74. The average Bonchev–Trinajstić information content (AvgIpc) is 2.66. The normalized spacial score (nSPS) is 17.4. The van der Waals surface area contributed by atoms with Gasteiger partial charge in [-0.15, -0.1) is 0 Å². The van der Waals surface area contributed by atoms with Crippen molar-refractivity contribution >= 4 is 11.5 Å². The Labute approximate surface area is 116 Å². The summed E-state index contributed by atoms with van der Waals surface area (Å²) in [6, 6.07) is 0. The minimum absolute atomic E-state index is 0.736. The summed E-state index contributed by atoms with van der Waals surface area (Å²) in [7, 11) is 0. The molecule has 0 unspecified atom stereocenters. The minimum atomic E-state index is 0.736. The summed E-state index contributed by atoms with van der Waals surface area (Å²) in [6.07, 6.45) is 0. The van der Waals surface area contributed by atoms with E-state index in [1.165, 1.54) is 6.54 Å². The molecule has 2 rings (SSSR count). The van der Waals surface area contributed by atoms with Crippen molar-refractivity contribution in [2.24, 2.45) is 5.92 Å². The Morgan fingerprint density at radius 2 is 1.84 bits per heavy atom. The van der Waals surface area contributed by atoms with Crippen LogP contribution >= 0.6 is 0 Å². The molecule has 1 saturated heterocycles. The molecule has 0 amide bonds. The number of aromatic nitrogens is 2. The summed E-state index contributed by atoms with van der Waals surface area (Å²) in [5.74, 6) is 1.85. The molecule has 5 nitrogen and oxygen atoms in total. The lowest BCUT2D eigenvalue weighted by molar-refractivity contribution is 0.230. The smallest absolute Gasteiger partial charge is 0.150 e. The van der Waals surface area contributed by atoms with Gasteiger partial charge in [0, 0.05) is 39.3 Å². The van der Waals surface area contributed by atoms with Gasteiger partial charge in [-0.1, -0.05) is 13.8 Å². The van der Waals surface area contributed by atoms with Crippen LogP contribution in [0.15, 0.2) is 0 Å². The molecule has 0 spiro atoms. The van der Waals surface area contributed by atoms with Gasteiger partial charge in [-0.05, 0) is 19.8 Å². The summed E-state index contributed by atoms with van der Waals surface area (Å²) < 4.78 is 2.03. The van der Waals surface area contributed by atoms with Crippen molar-refractivity contribution in [3.63, 3.8) is 0 Å². The number of rotatable bonds is 4. The van der Waals surface area contributed by atoms with Gasteiger partial charge in [-0.25, -0.2) is 4.68 Å². The zero-order chi connectivity index (χ0) is 14.0. The Kier molecular flexibility index (Phi) is 4.34. The molecule has 0 aromatic carbocycles. The topological polar surface area (TPSA) is 50.3 Å². The van der Waals surface area contributed by atoms with Crippen LogP contribution in [-0.2, 0) is 6.54 Å².